The van der Waals surface area contributed by atoms with Crippen molar-refractivity contribution < 1.29 is 48.1 Å². The average molecular weight is 1270 g/mol. The number of rotatable bonds is 10. The summed E-state index contributed by atoms with van der Waals surface area (Å²) in [5, 5.41) is 29.5. The van der Waals surface area contributed by atoms with Gasteiger partial charge in [0.15, 0.2) is 5.78 Å². The van der Waals surface area contributed by atoms with Gasteiger partial charge in [-0.3, -0.25) is 44.2 Å². The van der Waals surface area contributed by atoms with E-state index in [9.17, 15) is 48.6 Å². The van der Waals surface area contributed by atoms with E-state index in [1.165, 1.54) is 45.3 Å². The number of thioether (sulfide) groups is 4. The minimum Gasteiger partial charge on any atom is -0.494 e. The van der Waals surface area contributed by atoms with Gasteiger partial charge in [0.05, 0.1) is 49.7 Å². The van der Waals surface area contributed by atoms with Crippen LogP contribution in [0.25, 0.3) is 5.76 Å². The second-order valence-electron chi connectivity index (χ2n) is 14.2. The molecule has 5 aromatic rings. The quantitative estimate of drug-likeness (QED) is 0.0345. The Labute approximate surface area is 446 Å². The number of carbonyl (C=O) groups is 5. The molecule has 0 saturated heterocycles. The van der Waals surface area contributed by atoms with Crippen molar-refractivity contribution >= 4 is 157 Å². The predicted octanol–water partition coefficient (Wildman–Crippen LogP) is 13.1. The third kappa shape index (κ3) is 18.8. The lowest BCUT2D eigenvalue weighted by atomic mass is 10.0. The Kier molecular flexibility index (Phi) is 23.8. The topological polar surface area (TPSA) is 201 Å². The van der Waals surface area contributed by atoms with Crippen LogP contribution < -0.4 is 0 Å². The molecule has 69 heavy (non-hydrogen) atoms. The number of ketones is 4. The van der Waals surface area contributed by atoms with Crippen LogP contribution in [0, 0.1) is 26.0 Å². The number of carboxylic acid groups (broad SMARTS) is 1. The molecular weight excluding hydrogens is 1240 g/mol. The molecule has 0 unspecified atom stereocenters. The minimum atomic E-state index is -1.01. The van der Waals surface area contributed by atoms with Crippen LogP contribution in [0.15, 0.2) is 131 Å². The molecule has 362 valence electrons. The van der Waals surface area contributed by atoms with Crippen LogP contribution in [0.5, 0.6) is 0 Å². The Hall–Kier alpha value is -4.16. The summed E-state index contributed by atoms with van der Waals surface area (Å²) in [5.74, 6) is 1.37. The van der Waals surface area contributed by atoms with Crippen LogP contribution in [0.3, 0.4) is 0 Å². The summed E-state index contributed by atoms with van der Waals surface area (Å²) in [4.78, 5) is 78.6. The number of fused-ring (bicyclic) bond motifs is 3. The number of nitrogens with zero attached hydrogens (tertiary/aromatic N) is 2. The summed E-state index contributed by atoms with van der Waals surface area (Å²) in [6.07, 6.45) is 1.67. The minimum absolute atomic E-state index is 0.0790. The zero-order chi connectivity index (χ0) is 50.8. The number of benzene rings is 5. The molecule has 22 heteroatoms. The summed E-state index contributed by atoms with van der Waals surface area (Å²) in [5.41, 5.74) is 4.46. The van der Waals surface area contributed by atoms with Crippen molar-refractivity contribution in [2.75, 3.05) is 34.9 Å². The fraction of sp³-hybridized carbons (Fsp3) is 0.213. The van der Waals surface area contributed by atoms with Crippen LogP contribution in [0.1, 0.15) is 39.5 Å². The van der Waals surface area contributed by atoms with E-state index in [1.807, 2.05) is 43.3 Å². The molecule has 3 aliphatic heterocycles. The molecule has 0 bridgehead atoms. The van der Waals surface area contributed by atoms with Crippen molar-refractivity contribution in [2.45, 2.75) is 45.8 Å². The van der Waals surface area contributed by atoms with Crippen molar-refractivity contribution in [3.63, 3.8) is 0 Å². The highest BCUT2D eigenvalue weighted by atomic mass is 79.9. The van der Waals surface area contributed by atoms with Gasteiger partial charge in [-0.2, -0.15) is 4.39 Å². The molecule has 0 aromatic heterocycles. The van der Waals surface area contributed by atoms with E-state index in [0.717, 1.165) is 50.0 Å². The standard InChI is InChI=1S/C13H14O2S.C11H9BrO2S.C9H7BrOS.C8H6BrNO4S.C6H3BrFNO2/c1-3-15-9(2)10-4-5-11-6-12(14)8-16-13(11)7-10;12-5-10(14)7-1-2-8-3-9(13)6-15-11(8)4-7;10-7-2-1-6-3-8(11)5-12-9(6)4-7;9-5-1-2-6(10(13)14)7(3-5)15-4-8(11)12;7-4-1-2-6(9(10)11)5(8)3-4/h4-5,7H,2-3,6,8H2,1H3;1-2,4H,3,5-6H2;1-2,4H,3,5H2;1-3H,4H2,(H,11,12);1-3H. The van der Waals surface area contributed by atoms with Crippen LogP contribution in [-0.2, 0) is 43.2 Å². The van der Waals surface area contributed by atoms with E-state index < -0.39 is 27.3 Å². The van der Waals surface area contributed by atoms with Crippen LogP contribution in [0.2, 0.25) is 0 Å². The second kappa shape index (κ2) is 28.6. The number of carboxylic acids is 1. The fourth-order valence-electron chi connectivity index (χ4n) is 5.95. The Morgan fingerprint density at radius 1 is 0.696 bits per heavy atom. The molecule has 8 rings (SSSR count). The smallest absolute Gasteiger partial charge is 0.313 e. The number of hydrogen-bond donors (Lipinski definition) is 1. The Bertz CT molecular complexity index is 2780. The first-order chi connectivity index (χ1) is 32.8. The predicted molar refractivity (Wildman–Crippen MR) is 284 cm³/mol. The molecule has 0 amide bonds. The Morgan fingerprint density at radius 2 is 1.13 bits per heavy atom. The summed E-state index contributed by atoms with van der Waals surface area (Å²) in [6.45, 7) is 6.45. The number of nitro groups is 2. The van der Waals surface area contributed by atoms with Gasteiger partial charge in [-0.25, -0.2) is 0 Å². The molecule has 3 heterocycles. The molecule has 0 spiro atoms. The molecule has 0 radical (unpaired) electrons. The molecule has 0 saturated carbocycles. The van der Waals surface area contributed by atoms with Crippen LogP contribution in [-0.4, -0.2) is 79.0 Å². The van der Waals surface area contributed by atoms with Crippen molar-refractivity contribution in [3.8, 4) is 0 Å². The SMILES string of the molecule is C=C(OCC)c1ccc2c(c1)SCC(=O)C2.O=C(O)CSc1cc(Br)ccc1[N+](=O)[O-].O=C1CSc2cc(Br)ccc2C1.O=C1CSc2cc(C(=O)CBr)ccc2C1.O=[N+]([O-])c1ccc(Br)cc1F. The number of Topliss-reactive ketones (excluding diaryl/α,β-unsaturated/α-hetero) is 4. The first-order valence-electron chi connectivity index (χ1n) is 20.0. The maximum absolute atomic E-state index is 12.6. The summed E-state index contributed by atoms with van der Waals surface area (Å²) >= 11 is 18.4. The zero-order valence-electron chi connectivity index (χ0n) is 36.2. The largest absolute Gasteiger partial charge is 0.494 e. The lowest BCUT2D eigenvalue weighted by molar-refractivity contribution is -0.387. The van der Waals surface area contributed by atoms with Crippen LogP contribution in [0.4, 0.5) is 15.8 Å². The van der Waals surface area contributed by atoms with Gasteiger partial charge in [0, 0.05) is 70.6 Å². The lowest BCUT2D eigenvalue weighted by Crippen LogP contribution is -2.12. The number of aliphatic carboxylic acids is 1. The van der Waals surface area contributed by atoms with Gasteiger partial charge < -0.3 is 9.84 Å². The average Bonchev–Trinajstić information content (AvgIpc) is 3.31. The number of hydrogen-bond acceptors (Lipinski definition) is 14. The Morgan fingerprint density at radius 3 is 1.61 bits per heavy atom. The first kappa shape index (κ1) is 57.4. The third-order valence-corrected chi connectivity index (χ3v) is 15.6. The molecule has 0 aliphatic carbocycles. The molecule has 3 aliphatic rings. The number of nitro benzene ring substituents is 2. The maximum Gasteiger partial charge on any atom is 0.313 e. The normalized spacial score (nSPS) is 13.0. The number of halogens is 5. The maximum atomic E-state index is 12.6. The number of alkyl halides is 1. The van der Waals surface area contributed by atoms with Crippen molar-refractivity contribution in [1.82, 2.24) is 0 Å². The zero-order valence-corrected chi connectivity index (χ0v) is 45.8. The second-order valence-corrected chi connectivity index (χ2v) is 21.6. The lowest BCUT2D eigenvalue weighted by Gasteiger charge is -2.16. The van der Waals surface area contributed by atoms with Gasteiger partial charge in [-0.05, 0) is 72.1 Å². The van der Waals surface area contributed by atoms with Gasteiger partial charge in [-0.1, -0.05) is 101 Å². The summed E-state index contributed by atoms with van der Waals surface area (Å²) in [7, 11) is 0. The fourth-order valence-corrected chi connectivity index (χ4v) is 11.3. The monoisotopic (exact) mass is 1270 g/mol. The number of ether oxygens (including phenoxy) is 1. The summed E-state index contributed by atoms with van der Waals surface area (Å²) < 4.78 is 20.3. The molecule has 0 fully saturated rings. The summed E-state index contributed by atoms with van der Waals surface area (Å²) in [6, 6.07) is 25.7. The Balaban J connectivity index is 0.000000189. The van der Waals surface area contributed by atoms with E-state index >= 15 is 0 Å². The molecule has 1 N–H and O–H groups in total. The van der Waals surface area contributed by atoms with E-state index in [1.54, 1.807) is 35.7 Å². The highest BCUT2D eigenvalue weighted by Gasteiger charge is 2.20. The van der Waals surface area contributed by atoms with E-state index in [2.05, 4.69) is 82.4 Å². The highest BCUT2D eigenvalue weighted by molar-refractivity contribution is 9.11. The molecule has 0 atom stereocenters. The van der Waals surface area contributed by atoms with Crippen molar-refractivity contribution in [2.24, 2.45) is 0 Å². The highest BCUT2D eigenvalue weighted by Crippen LogP contribution is 2.34. The van der Waals surface area contributed by atoms with Crippen molar-refractivity contribution in [3.05, 3.63) is 165 Å². The van der Waals surface area contributed by atoms with Gasteiger partial charge in [-0.15, -0.1) is 47.0 Å². The van der Waals surface area contributed by atoms with Crippen LogP contribution >= 0.6 is 111 Å². The van der Waals surface area contributed by atoms with Gasteiger partial charge >= 0.3 is 11.7 Å². The van der Waals surface area contributed by atoms with Gasteiger partial charge in [0.25, 0.3) is 5.69 Å². The van der Waals surface area contributed by atoms with Gasteiger partial charge in [0.2, 0.25) is 5.82 Å². The molecular formula is C47H39Br4FN2O11S4. The first-order valence-corrected chi connectivity index (χ1v) is 27.5. The van der Waals surface area contributed by atoms with Crippen molar-refractivity contribution in [1.29, 1.82) is 0 Å². The third-order valence-electron chi connectivity index (χ3n) is 9.15. The van der Waals surface area contributed by atoms with E-state index in [-0.39, 0.29) is 23.0 Å². The van der Waals surface area contributed by atoms with Gasteiger partial charge in [0.1, 0.15) is 23.1 Å². The molecule has 13 nitrogen and oxygen atoms in total. The molecule has 5 aromatic carbocycles. The van der Waals surface area contributed by atoms with E-state index in [4.69, 9.17) is 9.84 Å². The van der Waals surface area contributed by atoms with E-state index in [0.29, 0.717) is 85.2 Å². The number of carbonyl (C=O) groups excluding carboxylic acids is 4.